The molecule has 3 aromatic rings. The number of hydrogen-bond donors (Lipinski definition) is 1. The molecule has 2 aromatic carbocycles. The number of benzene rings is 2. The van der Waals surface area contributed by atoms with E-state index in [9.17, 15) is 5.11 Å². The first-order chi connectivity index (χ1) is 11.3. The zero-order valence-corrected chi connectivity index (χ0v) is 12.1. The Bertz CT molecular complexity index is 909. The van der Waals surface area contributed by atoms with Gasteiger partial charge in [0.25, 0.3) is 0 Å². The third kappa shape index (κ3) is 2.55. The molecule has 6 nitrogen and oxygen atoms in total. The number of rotatable bonds is 2. The van der Waals surface area contributed by atoms with Crippen molar-refractivity contribution in [3.05, 3.63) is 48.7 Å². The van der Waals surface area contributed by atoms with Gasteiger partial charge in [0.1, 0.15) is 24.5 Å². The number of pyridine rings is 1. The van der Waals surface area contributed by atoms with Crippen LogP contribution in [0.1, 0.15) is 0 Å². The Morgan fingerprint density at radius 2 is 1.83 bits per heavy atom. The van der Waals surface area contributed by atoms with Crippen LogP contribution in [0.5, 0.6) is 17.2 Å². The molecule has 6 heteroatoms. The van der Waals surface area contributed by atoms with E-state index in [1.165, 1.54) is 0 Å². The molecule has 1 aromatic heterocycles. The number of fused-ring (bicyclic) bond motifs is 2. The first-order valence-corrected chi connectivity index (χ1v) is 7.19. The van der Waals surface area contributed by atoms with Gasteiger partial charge < -0.3 is 14.6 Å². The predicted molar refractivity (Wildman–Crippen MR) is 85.0 cm³/mol. The summed E-state index contributed by atoms with van der Waals surface area (Å²) < 4.78 is 11.0. The fraction of sp³-hybridized carbons (Fsp3) is 0.118. The van der Waals surface area contributed by atoms with Gasteiger partial charge in [-0.05, 0) is 36.4 Å². The van der Waals surface area contributed by atoms with Crippen molar-refractivity contribution in [1.82, 2.24) is 4.98 Å². The van der Waals surface area contributed by atoms with Crippen LogP contribution in [0.25, 0.3) is 10.9 Å². The average molecular weight is 307 g/mol. The smallest absolute Gasteiger partial charge is 0.163 e. The molecule has 0 amide bonds. The molecule has 1 aliphatic heterocycles. The number of phenols is 1. The van der Waals surface area contributed by atoms with Gasteiger partial charge in [-0.1, -0.05) is 0 Å². The Labute approximate surface area is 132 Å². The SMILES string of the molecule is Oc1ccc(N=Nc2ccc3c(c2)OCCO3)c2cccnc12. The maximum atomic E-state index is 9.85. The molecular weight excluding hydrogens is 294 g/mol. The quantitative estimate of drug-likeness (QED) is 0.722. The van der Waals surface area contributed by atoms with Gasteiger partial charge in [0.15, 0.2) is 11.5 Å². The highest BCUT2D eigenvalue weighted by molar-refractivity contribution is 5.93. The van der Waals surface area contributed by atoms with Gasteiger partial charge in [0, 0.05) is 17.6 Å². The summed E-state index contributed by atoms with van der Waals surface area (Å²) in [7, 11) is 0. The zero-order chi connectivity index (χ0) is 15.6. The summed E-state index contributed by atoms with van der Waals surface area (Å²) >= 11 is 0. The molecular formula is C17H13N3O3. The van der Waals surface area contributed by atoms with Gasteiger partial charge in [-0.15, -0.1) is 5.11 Å². The molecule has 0 bridgehead atoms. The summed E-state index contributed by atoms with van der Waals surface area (Å²) in [5.41, 5.74) is 1.81. The molecule has 1 aliphatic rings. The molecule has 0 saturated heterocycles. The van der Waals surface area contributed by atoms with Crippen molar-refractivity contribution in [2.45, 2.75) is 0 Å². The van der Waals surface area contributed by atoms with E-state index >= 15 is 0 Å². The summed E-state index contributed by atoms with van der Waals surface area (Å²) in [6, 6.07) is 12.3. The van der Waals surface area contributed by atoms with Gasteiger partial charge >= 0.3 is 0 Å². The van der Waals surface area contributed by atoms with E-state index in [0.29, 0.717) is 35.9 Å². The zero-order valence-electron chi connectivity index (χ0n) is 12.1. The molecule has 114 valence electrons. The summed E-state index contributed by atoms with van der Waals surface area (Å²) in [5.74, 6) is 1.51. The van der Waals surface area contributed by atoms with Crippen LogP contribution in [0.4, 0.5) is 11.4 Å². The lowest BCUT2D eigenvalue weighted by molar-refractivity contribution is 0.171. The molecule has 4 rings (SSSR count). The topological polar surface area (TPSA) is 76.3 Å². The fourth-order valence-corrected chi connectivity index (χ4v) is 2.44. The predicted octanol–water partition coefficient (Wildman–Crippen LogP) is 4.13. The largest absolute Gasteiger partial charge is 0.506 e. The van der Waals surface area contributed by atoms with Crippen LogP contribution in [-0.2, 0) is 0 Å². The van der Waals surface area contributed by atoms with Gasteiger partial charge in [-0.25, -0.2) is 0 Å². The molecule has 0 spiro atoms. The number of aromatic hydroxyl groups is 1. The Hall–Kier alpha value is -3.15. The monoisotopic (exact) mass is 307 g/mol. The standard InChI is InChI=1S/C17H13N3O3/c21-14-5-4-13(12-2-1-7-18-17(12)14)20-19-11-3-6-15-16(10-11)23-9-8-22-15/h1-7,10,21H,8-9H2. The molecule has 0 unspecified atom stereocenters. The summed E-state index contributed by atoms with van der Waals surface area (Å²) in [5, 5.41) is 19.1. The van der Waals surface area contributed by atoms with Crippen molar-refractivity contribution in [2.24, 2.45) is 10.2 Å². The third-order valence-corrected chi connectivity index (χ3v) is 3.52. The van der Waals surface area contributed by atoms with E-state index in [1.54, 1.807) is 30.5 Å². The molecule has 0 fully saturated rings. The molecule has 0 radical (unpaired) electrons. The van der Waals surface area contributed by atoms with Gasteiger partial charge in [-0.3, -0.25) is 4.98 Å². The molecule has 0 atom stereocenters. The molecule has 1 N–H and O–H groups in total. The van der Waals surface area contributed by atoms with Crippen LogP contribution in [0.3, 0.4) is 0 Å². The van der Waals surface area contributed by atoms with Crippen molar-refractivity contribution in [3.8, 4) is 17.2 Å². The van der Waals surface area contributed by atoms with Gasteiger partial charge in [0.05, 0.1) is 11.4 Å². The minimum absolute atomic E-state index is 0.124. The van der Waals surface area contributed by atoms with E-state index in [-0.39, 0.29) is 5.75 Å². The van der Waals surface area contributed by atoms with Crippen LogP contribution in [0.15, 0.2) is 58.9 Å². The van der Waals surface area contributed by atoms with E-state index < -0.39 is 0 Å². The highest BCUT2D eigenvalue weighted by atomic mass is 16.6. The van der Waals surface area contributed by atoms with Crippen LogP contribution in [0, 0.1) is 0 Å². The second-order valence-corrected chi connectivity index (χ2v) is 5.03. The lowest BCUT2D eigenvalue weighted by Gasteiger charge is -2.17. The Morgan fingerprint density at radius 1 is 0.957 bits per heavy atom. The number of azo groups is 1. The maximum absolute atomic E-state index is 9.85. The van der Waals surface area contributed by atoms with Gasteiger partial charge in [-0.2, -0.15) is 5.11 Å². The third-order valence-electron chi connectivity index (χ3n) is 3.52. The number of phenolic OH excluding ortho intramolecular Hbond substituents is 1. The van der Waals surface area contributed by atoms with E-state index in [0.717, 1.165) is 11.1 Å². The summed E-state index contributed by atoms with van der Waals surface area (Å²) in [4.78, 5) is 4.17. The van der Waals surface area contributed by atoms with Gasteiger partial charge in [0.2, 0.25) is 0 Å². The fourth-order valence-electron chi connectivity index (χ4n) is 2.44. The number of nitrogens with zero attached hydrogens (tertiary/aromatic N) is 3. The second kappa shape index (κ2) is 5.57. The lowest BCUT2D eigenvalue weighted by Crippen LogP contribution is -2.14. The molecule has 0 saturated carbocycles. The van der Waals surface area contributed by atoms with Crippen LogP contribution >= 0.6 is 0 Å². The Morgan fingerprint density at radius 3 is 2.74 bits per heavy atom. The number of aromatic nitrogens is 1. The highest BCUT2D eigenvalue weighted by Gasteiger charge is 2.11. The first kappa shape index (κ1) is 13.5. The highest BCUT2D eigenvalue weighted by Crippen LogP contribution is 2.35. The first-order valence-electron chi connectivity index (χ1n) is 7.19. The average Bonchev–Trinajstić information content (AvgIpc) is 2.61. The van der Waals surface area contributed by atoms with E-state index in [1.807, 2.05) is 18.2 Å². The van der Waals surface area contributed by atoms with Crippen molar-refractivity contribution >= 4 is 22.3 Å². The molecule has 0 aliphatic carbocycles. The van der Waals surface area contributed by atoms with Crippen molar-refractivity contribution in [2.75, 3.05) is 13.2 Å². The van der Waals surface area contributed by atoms with Crippen molar-refractivity contribution < 1.29 is 14.6 Å². The molecule has 2 heterocycles. The Kier molecular flexibility index (Phi) is 3.27. The normalized spacial score (nSPS) is 13.6. The minimum atomic E-state index is 0.124. The van der Waals surface area contributed by atoms with Crippen LogP contribution < -0.4 is 9.47 Å². The lowest BCUT2D eigenvalue weighted by atomic mass is 10.2. The Balaban J connectivity index is 1.71. The van der Waals surface area contributed by atoms with Crippen molar-refractivity contribution in [1.29, 1.82) is 0 Å². The summed E-state index contributed by atoms with van der Waals surface area (Å²) in [6.45, 7) is 1.09. The van der Waals surface area contributed by atoms with Crippen LogP contribution in [-0.4, -0.2) is 23.3 Å². The van der Waals surface area contributed by atoms with Crippen molar-refractivity contribution in [3.63, 3.8) is 0 Å². The number of ether oxygens (including phenoxy) is 2. The van der Waals surface area contributed by atoms with E-state index in [2.05, 4.69) is 15.2 Å². The van der Waals surface area contributed by atoms with Crippen LogP contribution in [0.2, 0.25) is 0 Å². The summed E-state index contributed by atoms with van der Waals surface area (Å²) in [6.07, 6.45) is 1.63. The second-order valence-electron chi connectivity index (χ2n) is 5.03. The van der Waals surface area contributed by atoms with E-state index in [4.69, 9.17) is 9.47 Å². The maximum Gasteiger partial charge on any atom is 0.163 e. The minimum Gasteiger partial charge on any atom is -0.506 e. The molecule has 23 heavy (non-hydrogen) atoms. The number of hydrogen-bond acceptors (Lipinski definition) is 6.